The van der Waals surface area contributed by atoms with Gasteiger partial charge in [-0.05, 0) is 36.6 Å². The molecule has 2 aromatic carbocycles. The molecule has 0 amide bonds. The predicted octanol–water partition coefficient (Wildman–Crippen LogP) is 4.50. The van der Waals surface area contributed by atoms with Crippen LogP contribution in [0.25, 0.3) is 17.1 Å². The molecule has 4 rings (SSSR count). The SMILES string of the molecule is CCC1(CC)Cc2ccccc2-c2n(-c3ccccc3)cc[n+]21. The van der Waals surface area contributed by atoms with Gasteiger partial charge in [0.15, 0.2) is 0 Å². The molecule has 0 N–H and O–H groups in total. The van der Waals surface area contributed by atoms with Crippen LogP contribution < -0.4 is 4.57 Å². The first-order chi connectivity index (χ1) is 11.3. The number of aromatic nitrogens is 2. The fraction of sp³-hybridized carbons (Fsp3) is 0.286. The predicted molar refractivity (Wildman–Crippen MR) is 93.7 cm³/mol. The number of para-hydroxylation sites is 1. The van der Waals surface area contributed by atoms with E-state index in [4.69, 9.17) is 0 Å². The summed E-state index contributed by atoms with van der Waals surface area (Å²) in [5.74, 6) is 1.31. The zero-order valence-corrected chi connectivity index (χ0v) is 13.9. The zero-order chi connectivity index (χ0) is 15.9. The Morgan fingerprint density at radius 2 is 1.65 bits per heavy atom. The van der Waals surface area contributed by atoms with Crippen molar-refractivity contribution in [3.8, 4) is 17.1 Å². The Morgan fingerprint density at radius 3 is 2.39 bits per heavy atom. The molecular weight excluding hydrogens is 280 g/mol. The summed E-state index contributed by atoms with van der Waals surface area (Å²) in [5.41, 5.74) is 4.23. The Balaban J connectivity index is 2.02. The van der Waals surface area contributed by atoms with Gasteiger partial charge in [-0.3, -0.25) is 0 Å². The minimum Gasteiger partial charge on any atom is -0.224 e. The van der Waals surface area contributed by atoms with Gasteiger partial charge in [-0.25, -0.2) is 4.57 Å². The lowest BCUT2D eigenvalue weighted by atomic mass is 9.80. The molecule has 23 heavy (non-hydrogen) atoms. The molecule has 2 heteroatoms. The van der Waals surface area contributed by atoms with Crippen molar-refractivity contribution in [1.82, 2.24) is 4.57 Å². The van der Waals surface area contributed by atoms with Crippen molar-refractivity contribution in [2.75, 3.05) is 0 Å². The molecular formula is C21H23N2+. The molecule has 0 spiro atoms. The van der Waals surface area contributed by atoms with Gasteiger partial charge in [0.05, 0.1) is 5.56 Å². The fourth-order valence-corrected chi connectivity index (χ4v) is 4.00. The van der Waals surface area contributed by atoms with Gasteiger partial charge in [0.25, 0.3) is 5.82 Å². The molecule has 0 saturated heterocycles. The highest BCUT2D eigenvalue weighted by Gasteiger charge is 2.42. The molecule has 3 aromatic rings. The molecule has 0 bridgehead atoms. The molecule has 2 heterocycles. The summed E-state index contributed by atoms with van der Waals surface area (Å²) in [4.78, 5) is 0. The van der Waals surface area contributed by atoms with Gasteiger partial charge in [0.1, 0.15) is 23.6 Å². The van der Waals surface area contributed by atoms with E-state index in [0.29, 0.717) is 0 Å². The van der Waals surface area contributed by atoms with Gasteiger partial charge < -0.3 is 0 Å². The van der Waals surface area contributed by atoms with Crippen molar-refractivity contribution in [2.24, 2.45) is 0 Å². The molecule has 0 saturated carbocycles. The van der Waals surface area contributed by atoms with Crippen LogP contribution in [-0.4, -0.2) is 4.57 Å². The minimum absolute atomic E-state index is 0.184. The molecule has 1 aromatic heterocycles. The van der Waals surface area contributed by atoms with Crippen LogP contribution in [0.5, 0.6) is 0 Å². The normalized spacial score (nSPS) is 15.0. The summed E-state index contributed by atoms with van der Waals surface area (Å²) < 4.78 is 4.85. The highest BCUT2D eigenvalue weighted by molar-refractivity contribution is 5.62. The van der Waals surface area contributed by atoms with E-state index in [1.165, 1.54) is 22.6 Å². The van der Waals surface area contributed by atoms with Crippen molar-refractivity contribution in [3.05, 3.63) is 72.6 Å². The van der Waals surface area contributed by atoms with E-state index in [0.717, 1.165) is 19.3 Å². The lowest BCUT2D eigenvalue weighted by molar-refractivity contribution is -0.757. The summed E-state index contributed by atoms with van der Waals surface area (Å²) in [6.07, 6.45) is 7.90. The van der Waals surface area contributed by atoms with Gasteiger partial charge >= 0.3 is 0 Å². The van der Waals surface area contributed by atoms with Crippen LogP contribution in [0.4, 0.5) is 0 Å². The third kappa shape index (κ3) is 2.05. The molecule has 2 nitrogen and oxygen atoms in total. The Kier molecular flexibility index (Phi) is 3.33. The van der Waals surface area contributed by atoms with E-state index >= 15 is 0 Å². The fourth-order valence-electron chi connectivity index (χ4n) is 4.00. The van der Waals surface area contributed by atoms with Crippen LogP contribution >= 0.6 is 0 Å². The maximum Gasteiger partial charge on any atom is 0.294 e. The summed E-state index contributed by atoms with van der Waals surface area (Å²) in [5, 5.41) is 0. The van der Waals surface area contributed by atoms with Gasteiger partial charge in [0.2, 0.25) is 0 Å². The molecule has 0 unspecified atom stereocenters. The van der Waals surface area contributed by atoms with E-state index < -0.39 is 0 Å². The van der Waals surface area contributed by atoms with Gasteiger partial charge in [0, 0.05) is 6.42 Å². The maximum atomic E-state index is 2.52. The smallest absolute Gasteiger partial charge is 0.224 e. The van der Waals surface area contributed by atoms with Crippen LogP contribution in [-0.2, 0) is 12.0 Å². The van der Waals surface area contributed by atoms with Crippen LogP contribution in [0, 0.1) is 0 Å². The number of imidazole rings is 1. The Bertz CT molecular complexity index is 826. The summed E-state index contributed by atoms with van der Waals surface area (Å²) in [7, 11) is 0. The van der Waals surface area contributed by atoms with Crippen molar-refractivity contribution < 1.29 is 4.57 Å². The maximum absolute atomic E-state index is 2.52. The molecule has 1 aliphatic rings. The van der Waals surface area contributed by atoms with Gasteiger partial charge in [-0.1, -0.05) is 50.2 Å². The Morgan fingerprint density at radius 1 is 0.957 bits per heavy atom. The van der Waals surface area contributed by atoms with E-state index in [1.807, 2.05) is 0 Å². The van der Waals surface area contributed by atoms with Crippen LogP contribution in [0.15, 0.2) is 67.0 Å². The Labute approximate surface area is 138 Å². The Hall–Kier alpha value is -2.35. The van der Waals surface area contributed by atoms with Gasteiger partial charge in [-0.2, -0.15) is 4.57 Å². The molecule has 0 atom stereocenters. The molecule has 1 aliphatic heterocycles. The van der Waals surface area contributed by atoms with Crippen molar-refractivity contribution in [1.29, 1.82) is 0 Å². The molecule has 0 fully saturated rings. The zero-order valence-electron chi connectivity index (χ0n) is 13.9. The lowest BCUT2D eigenvalue weighted by Crippen LogP contribution is -2.59. The van der Waals surface area contributed by atoms with Crippen molar-refractivity contribution in [3.63, 3.8) is 0 Å². The van der Waals surface area contributed by atoms with E-state index in [-0.39, 0.29) is 5.54 Å². The average Bonchev–Trinajstić information content (AvgIpc) is 3.08. The number of hydrogen-bond donors (Lipinski definition) is 0. The van der Waals surface area contributed by atoms with Crippen LogP contribution in [0.2, 0.25) is 0 Å². The largest absolute Gasteiger partial charge is 0.294 e. The third-order valence-electron chi connectivity index (χ3n) is 5.46. The quantitative estimate of drug-likeness (QED) is 0.630. The summed E-state index contributed by atoms with van der Waals surface area (Å²) >= 11 is 0. The minimum atomic E-state index is 0.184. The standard InChI is InChI=1S/C21H23N2/c1-3-21(4-2)16-17-10-8-9-13-19(17)20-22(14-15-23(20)21)18-11-6-5-7-12-18/h5-15H,3-4,16H2,1-2H3/q+1. The number of nitrogens with zero attached hydrogens (tertiary/aromatic N) is 2. The number of hydrogen-bond acceptors (Lipinski definition) is 0. The monoisotopic (exact) mass is 303 g/mol. The number of benzene rings is 2. The third-order valence-corrected chi connectivity index (χ3v) is 5.46. The first-order valence-electron chi connectivity index (χ1n) is 8.56. The van der Waals surface area contributed by atoms with Crippen molar-refractivity contribution in [2.45, 2.75) is 38.6 Å². The molecule has 0 aliphatic carbocycles. The second kappa shape index (κ2) is 5.38. The second-order valence-corrected chi connectivity index (χ2v) is 6.46. The second-order valence-electron chi connectivity index (χ2n) is 6.46. The number of fused-ring (bicyclic) bond motifs is 3. The van der Waals surface area contributed by atoms with Crippen molar-refractivity contribution >= 4 is 0 Å². The highest BCUT2D eigenvalue weighted by Crippen LogP contribution is 2.36. The molecule has 116 valence electrons. The van der Waals surface area contributed by atoms with E-state index in [1.54, 1.807) is 0 Å². The lowest BCUT2D eigenvalue weighted by Gasteiger charge is -2.34. The van der Waals surface area contributed by atoms with E-state index in [9.17, 15) is 0 Å². The topological polar surface area (TPSA) is 8.81 Å². The summed E-state index contributed by atoms with van der Waals surface area (Å²) in [6, 6.07) is 19.5. The average molecular weight is 303 g/mol. The molecule has 0 radical (unpaired) electrons. The highest BCUT2D eigenvalue weighted by atomic mass is 15.2. The van der Waals surface area contributed by atoms with Gasteiger partial charge in [-0.15, -0.1) is 0 Å². The van der Waals surface area contributed by atoms with Crippen LogP contribution in [0.1, 0.15) is 32.3 Å². The van der Waals surface area contributed by atoms with Crippen LogP contribution in [0.3, 0.4) is 0 Å². The summed E-state index contributed by atoms with van der Waals surface area (Å²) in [6.45, 7) is 4.63. The first-order valence-corrected chi connectivity index (χ1v) is 8.56. The van der Waals surface area contributed by atoms with E-state index in [2.05, 4.69) is 90.0 Å². The number of rotatable bonds is 3. The first kappa shape index (κ1) is 14.3.